The molecule has 1 unspecified atom stereocenters. The van der Waals surface area contributed by atoms with Gasteiger partial charge in [0.05, 0.1) is 11.7 Å². The van der Waals surface area contributed by atoms with Crippen molar-refractivity contribution in [3.8, 4) is 0 Å². The van der Waals surface area contributed by atoms with Gasteiger partial charge in [-0.2, -0.15) is 0 Å². The average Bonchev–Trinajstić information content (AvgIpc) is 3.52. The zero-order chi connectivity index (χ0) is 24.5. The lowest BCUT2D eigenvalue weighted by atomic mass is 9.81. The summed E-state index contributed by atoms with van der Waals surface area (Å²) in [6.45, 7) is 0.766. The summed E-state index contributed by atoms with van der Waals surface area (Å²) in [4.78, 5) is 22.4. The first-order valence-corrected chi connectivity index (χ1v) is 13.6. The molecular formula is C29H36N6O. The summed E-state index contributed by atoms with van der Waals surface area (Å²) in [7, 11) is 0. The predicted octanol–water partition coefficient (Wildman–Crippen LogP) is 5.30. The molecule has 2 aromatic heterocycles. The Kier molecular flexibility index (Phi) is 6.38. The van der Waals surface area contributed by atoms with Crippen molar-refractivity contribution in [2.45, 2.75) is 76.2 Å². The number of carbonyl (C=O) groups excluding carboxylic acids is 1. The molecule has 3 aliphatic rings. The van der Waals surface area contributed by atoms with E-state index in [1.54, 1.807) is 6.20 Å². The maximum Gasteiger partial charge on any atom is 0.223 e. The molecule has 2 aliphatic carbocycles. The van der Waals surface area contributed by atoms with Crippen molar-refractivity contribution < 1.29 is 4.79 Å². The Balaban J connectivity index is 1.13. The van der Waals surface area contributed by atoms with E-state index in [0.29, 0.717) is 11.7 Å². The van der Waals surface area contributed by atoms with Crippen LogP contribution in [0.2, 0.25) is 0 Å². The molecule has 3 heterocycles. The van der Waals surface area contributed by atoms with Gasteiger partial charge in [-0.15, -0.1) is 0 Å². The maximum atomic E-state index is 12.8. The molecule has 7 nitrogen and oxygen atoms in total. The summed E-state index contributed by atoms with van der Waals surface area (Å²) in [5, 5.41) is 6.84. The van der Waals surface area contributed by atoms with Crippen LogP contribution in [0.3, 0.4) is 0 Å². The SMILES string of the molecule is Nc1nccn2c(C3CCC(C(=O)NCCC4=CCCCC4)CC3)nc(C3Cc4ccccc4N3)c12. The summed E-state index contributed by atoms with van der Waals surface area (Å²) in [6, 6.07) is 8.51. The Bertz CT molecular complexity index is 1260. The third kappa shape index (κ3) is 4.47. The summed E-state index contributed by atoms with van der Waals surface area (Å²) < 4.78 is 2.14. The number of nitrogen functional groups attached to an aromatic ring is 1. The van der Waals surface area contributed by atoms with Crippen LogP contribution < -0.4 is 16.4 Å². The molecule has 188 valence electrons. The van der Waals surface area contributed by atoms with Crippen LogP contribution >= 0.6 is 0 Å². The Morgan fingerprint density at radius 2 is 2.03 bits per heavy atom. The highest BCUT2D eigenvalue weighted by atomic mass is 16.1. The quantitative estimate of drug-likeness (QED) is 0.413. The summed E-state index contributed by atoms with van der Waals surface area (Å²) in [5.74, 6) is 2.21. The Hall–Kier alpha value is -3.35. The standard InChI is InChI=1S/C29H36N6O/c30-27-26-25(24-18-22-8-4-5-9-23(22)33-24)34-28(35(26)17-16-31-27)20-10-12-21(13-11-20)29(36)32-15-14-19-6-2-1-3-7-19/h4-6,8-9,16-17,20-21,24,33H,1-3,7,10-15,18H2,(H2,30,31)(H,32,36). The largest absolute Gasteiger partial charge is 0.382 e. The van der Waals surface area contributed by atoms with Gasteiger partial charge < -0.3 is 16.4 Å². The number of nitrogens with one attached hydrogen (secondary N) is 2. The molecule has 36 heavy (non-hydrogen) atoms. The Labute approximate surface area is 212 Å². The number of rotatable bonds is 6. The van der Waals surface area contributed by atoms with Crippen molar-refractivity contribution in [1.82, 2.24) is 19.7 Å². The molecule has 0 bridgehead atoms. The van der Waals surface area contributed by atoms with E-state index >= 15 is 0 Å². The Morgan fingerprint density at radius 1 is 1.17 bits per heavy atom. The fourth-order valence-electron chi connectivity index (χ4n) is 6.35. The minimum Gasteiger partial charge on any atom is -0.382 e. The maximum absolute atomic E-state index is 12.8. The number of nitrogens with zero attached hydrogens (tertiary/aromatic N) is 3. The summed E-state index contributed by atoms with van der Waals surface area (Å²) in [6.07, 6.45) is 16.7. The van der Waals surface area contributed by atoms with Crippen molar-refractivity contribution >= 4 is 22.9 Å². The number of imidazole rings is 1. The van der Waals surface area contributed by atoms with E-state index in [2.05, 4.69) is 50.4 Å². The lowest BCUT2D eigenvalue weighted by Crippen LogP contribution is -2.33. The molecule has 1 fully saturated rings. The molecule has 6 rings (SSSR count). The normalized spacial score (nSPS) is 23.7. The Morgan fingerprint density at radius 3 is 2.83 bits per heavy atom. The zero-order valence-electron chi connectivity index (χ0n) is 20.9. The molecule has 1 amide bonds. The van der Waals surface area contributed by atoms with Gasteiger partial charge in [0.2, 0.25) is 5.91 Å². The van der Waals surface area contributed by atoms with Crippen LogP contribution in [0.15, 0.2) is 48.3 Å². The lowest BCUT2D eigenvalue weighted by molar-refractivity contribution is -0.126. The molecule has 0 spiro atoms. The van der Waals surface area contributed by atoms with Gasteiger partial charge in [-0.1, -0.05) is 29.8 Å². The van der Waals surface area contributed by atoms with Gasteiger partial charge in [0.1, 0.15) is 17.2 Å². The number of amides is 1. The molecule has 1 saturated carbocycles. The van der Waals surface area contributed by atoms with Crippen molar-refractivity contribution in [3.63, 3.8) is 0 Å². The first-order valence-electron chi connectivity index (χ1n) is 13.6. The number of allylic oxidation sites excluding steroid dienone is 1. The molecule has 1 aliphatic heterocycles. The van der Waals surface area contributed by atoms with Crippen molar-refractivity contribution in [1.29, 1.82) is 0 Å². The van der Waals surface area contributed by atoms with E-state index in [0.717, 1.165) is 62.1 Å². The summed E-state index contributed by atoms with van der Waals surface area (Å²) in [5.41, 5.74) is 12.3. The fourth-order valence-corrected chi connectivity index (χ4v) is 6.35. The first kappa shape index (κ1) is 23.1. The van der Waals surface area contributed by atoms with Gasteiger partial charge in [0.25, 0.3) is 0 Å². The molecule has 4 N–H and O–H groups in total. The van der Waals surface area contributed by atoms with Crippen molar-refractivity contribution in [3.05, 3.63) is 65.4 Å². The number of nitrogens with two attached hydrogens (primary N) is 1. The van der Waals surface area contributed by atoms with E-state index in [1.165, 1.54) is 42.5 Å². The average molecular weight is 485 g/mol. The predicted molar refractivity (Wildman–Crippen MR) is 143 cm³/mol. The number of anilines is 2. The van der Waals surface area contributed by atoms with Crippen LogP contribution in [-0.4, -0.2) is 26.8 Å². The van der Waals surface area contributed by atoms with E-state index in [-0.39, 0.29) is 17.9 Å². The van der Waals surface area contributed by atoms with E-state index < -0.39 is 0 Å². The molecule has 1 aromatic carbocycles. The number of hydrogen-bond acceptors (Lipinski definition) is 5. The van der Waals surface area contributed by atoms with Gasteiger partial charge in [-0.3, -0.25) is 9.20 Å². The number of fused-ring (bicyclic) bond motifs is 2. The highest BCUT2D eigenvalue weighted by molar-refractivity contribution is 5.78. The van der Waals surface area contributed by atoms with E-state index in [9.17, 15) is 4.79 Å². The number of benzene rings is 1. The van der Waals surface area contributed by atoms with Gasteiger partial charge in [0, 0.05) is 42.9 Å². The molecule has 7 heteroatoms. The smallest absolute Gasteiger partial charge is 0.223 e. The second-order valence-electron chi connectivity index (χ2n) is 10.6. The van der Waals surface area contributed by atoms with Crippen LogP contribution in [0.1, 0.15) is 86.8 Å². The van der Waals surface area contributed by atoms with Crippen molar-refractivity contribution in [2.75, 3.05) is 17.6 Å². The van der Waals surface area contributed by atoms with E-state index in [4.69, 9.17) is 10.7 Å². The third-order valence-electron chi connectivity index (χ3n) is 8.33. The van der Waals surface area contributed by atoms with Crippen LogP contribution in [0.5, 0.6) is 0 Å². The summed E-state index contributed by atoms with van der Waals surface area (Å²) >= 11 is 0. The number of aromatic nitrogens is 3. The highest BCUT2D eigenvalue weighted by Crippen LogP contribution is 2.40. The molecule has 0 radical (unpaired) electrons. The second-order valence-corrected chi connectivity index (χ2v) is 10.6. The van der Waals surface area contributed by atoms with Crippen LogP contribution in [0.25, 0.3) is 5.52 Å². The molecule has 0 saturated heterocycles. The van der Waals surface area contributed by atoms with Crippen LogP contribution in [-0.2, 0) is 11.2 Å². The monoisotopic (exact) mass is 484 g/mol. The van der Waals surface area contributed by atoms with Crippen molar-refractivity contribution in [2.24, 2.45) is 5.92 Å². The first-order chi connectivity index (χ1) is 17.7. The number of para-hydroxylation sites is 1. The topological polar surface area (TPSA) is 97.3 Å². The number of carbonyl (C=O) groups is 1. The minimum atomic E-state index is 0.0824. The molecule has 1 atom stereocenters. The zero-order valence-corrected chi connectivity index (χ0v) is 20.9. The molecule has 3 aromatic rings. The van der Waals surface area contributed by atoms with Gasteiger partial charge in [0.15, 0.2) is 0 Å². The van der Waals surface area contributed by atoms with Gasteiger partial charge in [-0.25, -0.2) is 9.97 Å². The van der Waals surface area contributed by atoms with E-state index in [1.807, 2.05) is 6.20 Å². The third-order valence-corrected chi connectivity index (χ3v) is 8.33. The fraction of sp³-hybridized carbons (Fsp3) is 0.483. The lowest BCUT2D eigenvalue weighted by Gasteiger charge is -2.27. The van der Waals surface area contributed by atoms with Crippen LogP contribution in [0.4, 0.5) is 11.5 Å². The van der Waals surface area contributed by atoms with Gasteiger partial charge in [-0.05, 0) is 69.4 Å². The van der Waals surface area contributed by atoms with Crippen LogP contribution in [0, 0.1) is 5.92 Å². The highest BCUT2D eigenvalue weighted by Gasteiger charge is 2.33. The minimum absolute atomic E-state index is 0.0824. The number of hydrogen-bond donors (Lipinski definition) is 3. The van der Waals surface area contributed by atoms with Gasteiger partial charge >= 0.3 is 0 Å². The molecular weight excluding hydrogens is 448 g/mol. The second kappa shape index (κ2) is 9.96.